The fourth-order valence-corrected chi connectivity index (χ4v) is 1.19. The monoisotopic (exact) mass is 277 g/mol. The van der Waals surface area contributed by atoms with Crippen LogP contribution in [0.15, 0.2) is 30.3 Å². The van der Waals surface area contributed by atoms with E-state index in [4.69, 9.17) is 9.84 Å². The number of benzene rings is 1. The Balaban J connectivity index is 2.18. The summed E-state index contributed by atoms with van der Waals surface area (Å²) < 4.78 is 41.0. The quantitative estimate of drug-likeness (QED) is 0.828. The maximum atomic E-state index is 11.9. The molecule has 1 amide bonds. The summed E-state index contributed by atoms with van der Waals surface area (Å²) in [6, 6.07) is 8.72. The SMILES string of the molecule is O=C(CCOc1ccccc1)NCC(O)C(F)(F)F. The van der Waals surface area contributed by atoms with Crippen molar-refractivity contribution >= 4 is 5.91 Å². The number of amides is 1. The summed E-state index contributed by atoms with van der Waals surface area (Å²) in [5, 5.41) is 10.7. The van der Waals surface area contributed by atoms with Gasteiger partial charge in [0.05, 0.1) is 19.6 Å². The maximum absolute atomic E-state index is 11.9. The van der Waals surface area contributed by atoms with Gasteiger partial charge in [-0.1, -0.05) is 18.2 Å². The predicted molar refractivity (Wildman–Crippen MR) is 61.6 cm³/mol. The number of ether oxygens (including phenoxy) is 1. The van der Waals surface area contributed by atoms with Gasteiger partial charge in [-0.25, -0.2) is 0 Å². The Morgan fingerprint density at radius 2 is 1.95 bits per heavy atom. The van der Waals surface area contributed by atoms with Crippen molar-refractivity contribution in [1.29, 1.82) is 0 Å². The number of hydrogen-bond acceptors (Lipinski definition) is 3. The Morgan fingerprint density at radius 1 is 1.32 bits per heavy atom. The highest BCUT2D eigenvalue weighted by molar-refractivity contribution is 5.76. The van der Waals surface area contributed by atoms with E-state index in [9.17, 15) is 18.0 Å². The zero-order chi connectivity index (χ0) is 14.3. The van der Waals surface area contributed by atoms with Crippen LogP contribution < -0.4 is 10.1 Å². The van der Waals surface area contributed by atoms with Crippen molar-refractivity contribution in [2.75, 3.05) is 13.2 Å². The number of carbonyl (C=O) groups excluding carboxylic acids is 1. The number of aliphatic hydroxyl groups is 1. The van der Waals surface area contributed by atoms with Crippen LogP contribution >= 0.6 is 0 Å². The molecule has 0 fully saturated rings. The highest BCUT2D eigenvalue weighted by Crippen LogP contribution is 2.19. The van der Waals surface area contributed by atoms with Crippen molar-refractivity contribution in [1.82, 2.24) is 5.32 Å². The molecule has 1 aromatic rings. The van der Waals surface area contributed by atoms with Gasteiger partial charge in [-0.3, -0.25) is 4.79 Å². The fourth-order valence-electron chi connectivity index (χ4n) is 1.19. The van der Waals surface area contributed by atoms with E-state index in [1.165, 1.54) is 0 Å². The average molecular weight is 277 g/mol. The zero-order valence-electron chi connectivity index (χ0n) is 9.98. The molecule has 1 unspecified atom stereocenters. The lowest BCUT2D eigenvalue weighted by Gasteiger charge is -2.15. The van der Waals surface area contributed by atoms with Gasteiger partial charge >= 0.3 is 6.18 Å². The van der Waals surface area contributed by atoms with Gasteiger partial charge in [-0.15, -0.1) is 0 Å². The van der Waals surface area contributed by atoms with E-state index in [0.29, 0.717) is 5.75 Å². The summed E-state index contributed by atoms with van der Waals surface area (Å²) in [6.45, 7) is -0.800. The molecule has 0 spiro atoms. The first kappa shape index (κ1) is 15.3. The lowest BCUT2D eigenvalue weighted by molar-refractivity contribution is -0.201. The minimum atomic E-state index is -4.73. The molecule has 7 heteroatoms. The third-order valence-corrected chi connectivity index (χ3v) is 2.21. The van der Waals surface area contributed by atoms with Crippen LogP contribution in [-0.2, 0) is 4.79 Å². The second-order valence-corrected chi connectivity index (χ2v) is 3.77. The van der Waals surface area contributed by atoms with Gasteiger partial charge < -0.3 is 15.2 Å². The van der Waals surface area contributed by atoms with E-state index < -0.39 is 24.7 Å². The van der Waals surface area contributed by atoms with Gasteiger partial charge in [0.1, 0.15) is 5.75 Å². The Hall–Kier alpha value is -1.76. The average Bonchev–Trinajstić information content (AvgIpc) is 2.36. The third kappa shape index (κ3) is 6.10. The first-order chi connectivity index (χ1) is 8.89. The Kier molecular flexibility index (Phi) is 5.62. The van der Waals surface area contributed by atoms with Crippen molar-refractivity contribution in [2.24, 2.45) is 0 Å². The molecule has 0 aliphatic heterocycles. The molecule has 19 heavy (non-hydrogen) atoms. The van der Waals surface area contributed by atoms with E-state index in [-0.39, 0.29) is 13.0 Å². The van der Waals surface area contributed by atoms with E-state index in [1.54, 1.807) is 30.3 Å². The standard InChI is InChI=1S/C12H14F3NO3/c13-12(14,15)10(17)8-16-11(18)6-7-19-9-4-2-1-3-5-9/h1-5,10,17H,6-8H2,(H,16,18). The second kappa shape index (κ2) is 6.98. The summed E-state index contributed by atoms with van der Waals surface area (Å²) in [5.41, 5.74) is 0. The van der Waals surface area contributed by atoms with Crippen LogP contribution in [0.2, 0.25) is 0 Å². The number of carbonyl (C=O) groups is 1. The molecule has 1 rings (SSSR count). The Bertz CT molecular complexity index is 395. The minimum absolute atomic E-state index is 0.0535. The van der Waals surface area contributed by atoms with Crippen LogP contribution in [-0.4, -0.2) is 36.4 Å². The molecule has 0 saturated carbocycles. The lowest BCUT2D eigenvalue weighted by atomic mass is 10.3. The molecule has 106 valence electrons. The summed E-state index contributed by atoms with van der Waals surface area (Å²) >= 11 is 0. The van der Waals surface area contributed by atoms with Gasteiger partial charge in [0.2, 0.25) is 5.91 Å². The highest BCUT2D eigenvalue weighted by Gasteiger charge is 2.38. The first-order valence-corrected chi connectivity index (χ1v) is 5.59. The van der Waals surface area contributed by atoms with Crippen molar-refractivity contribution < 1.29 is 27.8 Å². The number of halogens is 3. The Morgan fingerprint density at radius 3 is 2.53 bits per heavy atom. The molecule has 0 aromatic heterocycles. The third-order valence-electron chi connectivity index (χ3n) is 2.21. The second-order valence-electron chi connectivity index (χ2n) is 3.77. The lowest BCUT2D eigenvalue weighted by Crippen LogP contribution is -2.40. The molecule has 0 heterocycles. The highest BCUT2D eigenvalue weighted by atomic mass is 19.4. The summed E-state index contributed by atoms with van der Waals surface area (Å²) in [7, 11) is 0. The normalized spacial score (nSPS) is 12.8. The van der Waals surface area contributed by atoms with Crippen molar-refractivity contribution in [3.63, 3.8) is 0 Å². The summed E-state index contributed by atoms with van der Waals surface area (Å²) in [4.78, 5) is 11.2. The van der Waals surface area contributed by atoms with Gasteiger partial charge in [0, 0.05) is 0 Å². The van der Waals surface area contributed by atoms with Gasteiger partial charge in [0.15, 0.2) is 6.10 Å². The predicted octanol–water partition coefficient (Wildman–Crippen LogP) is 1.49. The molecule has 0 aliphatic rings. The molecule has 0 radical (unpaired) electrons. The van der Waals surface area contributed by atoms with Crippen molar-refractivity contribution in [2.45, 2.75) is 18.7 Å². The smallest absolute Gasteiger partial charge is 0.416 e. The molecular formula is C12H14F3NO3. The fraction of sp³-hybridized carbons (Fsp3) is 0.417. The molecule has 2 N–H and O–H groups in total. The van der Waals surface area contributed by atoms with Crippen LogP contribution in [0.4, 0.5) is 13.2 Å². The zero-order valence-corrected chi connectivity index (χ0v) is 9.98. The molecular weight excluding hydrogens is 263 g/mol. The van der Waals surface area contributed by atoms with E-state index >= 15 is 0 Å². The molecule has 0 aliphatic carbocycles. The summed E-state index contributed by atoms with van der Waals surface area (Å²) in [6.07, 6.45) is -7.36. The number of hydrogen-bond donors (Lipinski definition) is 2. The molecule has 4 nitrogen and oxygen atoms in total. The van der Waals surface area contributed by atoms with Crippen LogP contribution in [0, 0.1) is 0 Å². The summed E-state index contributed by atoms with van der Waals surface area (Å²) in [5.74, 6) is -0.0372. The number of nitrogens with one attached hydrogen (secondary N) is 1. The van der Waals surface area contributed by atoms with Crippen LogP contribution in [0.5, 0.6) is 5.75 Å². The minimum Gasteiger partial charge on any atom is -0.493 e. The molecule has 1 aromatic carbocycles. The number of alkyl halides is 3. The first-order valence-electron chi connectivity index (χ1n) is 5.59. The van der Waals surface area contributed by atoms with Gasteiger partial charge in [-0.05, 0) is 12.1 Å². The van der Waals surface area contributed by atoms with Gasteiger partial charge in [-0.2, -0.15) is 13.2 Å². The number of aliphatic hydroxyl groups excluding tert-OH is 1. The van der Waals surface area contributed by atoms with E-state index in [2.05, 4.69) is 0 Å². The van der Waals surface area contributed by atoms with Crippen LogP contribution in [0.3, 0.4) is 0 Å². The van der Waals surface area contributed by atoms with Crippen molar-refractivity contribution in [3.8, 4) is 5.75 Å². The molecule has 1 atom stereocenters. The van der Waals surface area contributed by atoms with Crippen LogP contribution in [0.25, 0.3) is 0 Å². The van der Waals surface area contributed by atoms with Crippen LogP contribution in [0.1, 0.15) is 6.42 Å². The molecule has 0 bridgehead atoms. The largest absolute Gasteiger partial charge is 0.493 e. The Labute approximate surface area is 108 Å². The van der Waals surface area contributed by atoms with E-state index in [1.807, 2.05) is 5.32 Å². The van der Waals surface area contributed by atoms with Gasteiger partial charge in [0.25, 0.3) is 0 Å². The number of rotatable bonds is 6. The maximum Gasteiger partial charge on any atom is 0.416 e. The number of para-hydroxylation sites is 1. The molecule has 0 saturated heterocycles. The topological polar surface area (TPSA) is 58.6 Å². The van der Waals surface area contributed by atoms with E-state index in [0.717, 1.165) is 0 Å². The van der Waals surface area contributed by atoms with Crippen molar-refractivity contribution in [3.05, 3.63) is 30.3 Å².